The number of aromatic nitrogens is 2. The summed E-state index contributed by atoms with van der Waals surface area (Å²) >= 11 is 1.55. The number of hydrogen-bond acceptors (Lipinski definition) is 3. The highest BCUT2D eigenvalue weighted by Gasteiger charge is 2.11. The normalized spacial score (nSPS) is 11.0. The molecule has 5 heteroatoms. The maximum Gasteiger partial charge on any atom is 0.128 e. The molecule has 108 valence electrons. The molecule has 1 N–H and O–H groups in total. The Morgan fingerprint density at radius 1 is 1.40 bits per heavy atom. The quantitative estimate of drug-likeness (QED) is 0.827. The van der Waals surface area contributed by atoms with Crippen LogP contribution in [0.1, 0.15) is 24.6 Å². The van der Waals surface area contributed by atoms with Gasteiger partial charge in [0.05, 0.1) is 10.7 Å². The second kappa shape index (κ2) is 6.90. The lowest BCUT2D eigenvalue weighted by molar-refractivity contribution is 0.578. The Kier molecular flexibility index (Phi) is 5.20. The van der Waals surface area contributed by atoms with Crippen molar-refractivity contribution in [3.63, 3.8) is 0 Å². The van der Waals surface area contributed by atoms with Gasteiger partial charge in [-0.05, 0) is 38.1 Å². The molecule has 2 aromatic rings. The van der Waals surface area contributed by atoms with Crippen LogP contribution < -0.4 is 5.32 Å². The third-order valence-electron chi connectivity index (χ3n) is 2.98. The highest BCUT2D eigenvalue weighted by atomic mass is 32.2. The topological polar surface area (TPSA) is 29.9 Å². The van der Waals surface area contributed by atoms with E-state index in [9.17, 15) is 4.39 Å². The van der Waals surface area contributed by atoms with E-state index in [0.29, 0.717) is 6.54 Å². The van der Waals surface area contributed by atoms with E-state index in [4.69, 9.17) is 0 Å². The Balaban J connectivity index is 2.22. The largest absolute Gasteiger partial charge is 0.313 e. The molecule has 20 heavy (non-hydrogen) atoms. The lowest BCUT2D eigenvalue weighted by Gasteiger charge is -2.11. The van der Waals surface area contributed by atoms with Crippen LogP contribution >= 0.6 is 11.8 Å². The first-order chi connectivity index (χ1) is 9.61. The second-order valence-corrected chi connectivity index (χ2v) is 5.81. The third-order valence-corrected chi connectivity index (χ3v) is 4.17. The molecule has 0 spiro atoms. The van der Waals surface area contributed by atoms with Crippen LogP contribution in [0.5, 0.6) is 0 Å². The average molecular weight is 293 g/mol. The van der Waals surface area contributed by atoms with Gasteiger partial charge in [0.25, 0.3) is 0 Å². The number of nitrogens with one attached hydrogen (secondary N) is 1. The smallest absolute Gasteiger partial charge is 0.128 e. The number of aryl methyl sites for hydroxylation is 2. The Hall–Kier alpha value is -1.33. The molecular formula is C15H20FN3S. The lowest BCUT2D eigenvalue weighted by atomic mass is 10.2. The van der Waals surface area contributed by atoms with E-state index in [1.807, 2.05) is 30.8 Å². The number of halogens is 1. The monoisotopic (exact) mass is 293 g/mol. The minimum atomic E-state index is -0.155. The van der Waals surface area contributed by atoms with Crippen molar-refractivity contribution in [2.75, 3.05) is 6.54 Å². The van der Waals surface area contributed by atoms with E-state index < -0.39 is 0 Å². The Bertz CT molecular complexity index is 580. The van der Waals surface area contributed by atoms with Gasteiger partial charge >= 0.3 is 0 Å². The molecule has 0 aliphatic rings. The zero-order valence-corrected chi connectivity index (χ0v) is 12.9. The first-order valence-electron chi connectivity index (χ1n) is 6.78. The van der Waals surface area contributed by atoms with E-state index in [-0.39, 0.29) is 5.82 Å². The molecule has 2 rings (SSSR count). The summed E-state index contributed by atoms with van der Waals surface area (Å²) in [5.74, 6) is -0.155. The summed E-state index contributed by atoms with van der Waals surface area (Å²) in [6, 6.07) is 7.24. The van der Waals surface area contributed by atoms with Gasteiger partial charge in [0.2, 0.25) is 0 Å². The van der Waals surface area contributed by atoms with Gasteiger partial charge in [-0.1, -0.05) is 24.8 Å². The summed E-state index contributed by atoms with van der Waals surface area (Å²) in [6.07, 6.45) is 1.04. The Morgan fingerprint density at radius 2 is 2.20 bits per heavy atom. The highest BCUT2D eigenvalue weighted by Crippen LogP contribution is 2.31. The maximum atomic E-state index is 14.0. The first kappa shape index (κ1) is 15.1. The molecule has 0 unspecified atom stereocenters. The number of benzene rings is 1. The summed E-state index contributed by atoms with van der Waals surface area (Å²) in [4.78, 5) is 0.941. The molecule has 3 nitrogen and oxygen atoms in total. The fourth-order valence-corrected chi connectivity index (χ4v) is 3.06. The molecule has 1 heterocycles. The fraction of sp³-hybridized carbons (Fsp3) is 0.400. The van der Waals surface area contributed by atoms with Crippen molar-refractivity contribution in [1.29, 1.82) is 0 Å². The van der Waals surface area contributed by atoms with E-state index in [1.54, 1.807) is 17.8 Å². The van der Waals surface area contributed by atoms with Crippen LogP contribution in [0.15, 0.2) is 34.2 Å². The molecule has 0 atom stereocenters. The summed E-state index contributed by atoms with van der Waals surface area (Å²) in [6.45, 7) is 5.50. The van der Waals surface area contributed by atoms with Crippen molar-refractivity contribution in [2.45, 2.75) is 36.7 Å². The highest BCUT2D eigenvalue weighted by molar-refractivity contribution is 7.99. The van der Waals surface area contributed by atoms with Crippen LogP contribution in [0.25, 0.3) is 0 Å². The van der Waals surface area contributed by atoms with Gasteiger partial charge in [0.15, 0.2) is 0 Å². The summed E-state index contributed by atoms with van der Waals surface area (Å²) in [7, 11) is 1.91. The molecule has 0 aliphatic heterocycles. The van der Waals surface area contributed by atoms with Crippen LogP contribution in [0.3, 0.4) is 0 Å². The zero-order chi connectivity index (χ0) is 14.5. The molecular weight excluding hydrogens is 273 g/mol. The summed E-state index contributed by atoms with van der Waals surface area (Å²) in [5, 5.41) is 8.60. The Labute approximate surface area is 123 Å². The number of rotatable bonds is 6. The number of nitrogens with zero attached hydrogens (tertiary/aromatic N) is 2. The lowest BCUT2D eigenvalue weighted by Crippen LogP contribution is -2.15. The molecule has 0 radical (unpaired) electrons. The summed E-state index contributed by atoms with van der Waals surface area (Å²) < 4.78 is 15.8. The van der Waals surface area contributed by atoms with Crippen LogP contribution in [-0.4, -0.2) is 16.3 Å². The Morgan fingerprint density at radius 3 is 2.85 bits per heavy atom. The predicted molar refractivity (Wildman–Crippen MR) is 80.5 cm³/mol. The van der Waals surface area contributed by atoms with E-state index in [1.165, 1.54) is 6.07 Å². The molecule has 0 saturated carbocycles. The SMILES string of the molecule is CCCNCc1c(F)cccc1Sc1cc(C)nn1C. The number of hydrogen-bond donors (Lipinski definition) is 1. The standard InChI is InChI=1S/C15H20FN3S/c1-4-8-17-10-12-13(16)6-5-7-14(12)20-15-9-11(2)18-19(15)3/h5-7,9,17H,4,8,10H2,1-3H3. The van der Waals surface area contributed by atoms with Crippen molar-refractivity contribution >= 4 is 11.8 Å². The van der Waals surface area contributed by atoms with Crippen molar-refractivity contribution in [3.05, 3.63) is 41.3 Å². The predicted octanol–water partition coefficient (Wildman–Crippen LogP) is 3.52. The molecule has 0 aliphatic carbocycles. The second-order valence-electron chi connectivity index (χ2n) is 4.74. The van der Waals surface area contributed by atoms with Crippen LogP contribution in [0.2, 0.25) is 0 Å². The molecule has 1 aromatic heterocycles. The van der Waals surface area contributed by atoms with Crippen LogP contribution in [0.4, 0.5) is 4.39 Å². The molecule has 0 saturated heterocycles. The van der Waals surface area contributed by atoms with Gasteiger partial charge in [-0.2, -0.15) is 5.10 Å². The molecule has 0 amide bonds. The van der Waals surface area contributed by atoms with Gasteiger partial charge < -0.3 is 5.32 Å². The minimum Gasteiger partial charge on any atom is -0.313 e. The van der Waals surface area contributed by atoms with Gasteiger partial charge in [0.1, 0.15) is 5.82 Å². The first-order valence-corrected chi connectivity index (χ1v) is 7.60. The van der Waals surface area contributed by atoms with E-state index >= 15 is 0 Å². The molecule has 0 bridgehead atoms. The van der Waals surface area contributed by atoms with Gasteiger partial charge in [0, 0.05) is 24.1 Å². The van der Waals surface area contributed by atoms with E-state index in [2.05, 4.69) is 17.3 Å². The maximum absolute atomic E-state index is 14.0. The minimum absolute atomic E-state index is 0.155. The van der Waals surface area contributed by atoms with Crippen molar-refractivity contribution in [3.8, 4) is 0 Å². The van der Waals surface area contributed by atoms with Crippen molar-refractivity contribution in [1.82, 2.24) is 15.1 Å². The van der Waals surface area contributed by atoms with Crippen LogP contribution in [-0.2, 0) is 13.6 Å². The van der Waals surface area contributed by atoms with Crippen molar-refractivity contribution < 1.29 is 4.39 Å². The van der Waals surface area contributed by atoms with Gasteiger partial charge in [-0.15, -0.1) is 0 Å². The van der Waals surface area contributed by atoms with Crippen molar-refractivity contribution in [2.24, 2.45) is 7.05 Å². The summed E-state index contributed by atoms with van der Waals surface area (Å²) in [5.41, 5.74) is 1.70. The average Bonchev–Trinajstić information content (AvgIpc) is 2.71. The van der Waals surface area contributed by atoms with Gasteiger partial charge in [-0.25, -0.2) is 4.39 Å². The van der Waals surface area contributed by atoms with Gasteiger partial charge in [-0.3, -0.25) is 4.68 Å². The van der Waals surface area contributed by atoms with Crippen LogP contribution in [0, 0.1) is 12.7 Å². The molecule has 1 aromatic carbocycles. The third kappa shape index (κ3) is 3.61. The molecule has 0 fully saturated rings. The fourth-order valence-electron chi connectivity index (χ4n) is 1.99. The van der Waals surface area contributed by atoms with E-state index in [0.717, 1.165) is 34.1 Å². The zero-order valence-electron chi connectivity index (χ0n) is 12.1.